The summed E-state index contributed by atoms with van der Waals surface area (Å²) in [6.07, 6.45) is 9.67. The summed E-state index contributed by atoms with van der Waals surface area (Å²) >= 11 is 0. The Morgan fingerprint density at radius 3 is 3.17 bits per heavy atom. The number of allylic oxidation sites excluding steroid dienone is 3. The van der Waals surface area contributed by atoms with Crippen LogP contribution in [0.3, 0.4) is 0 Å². The molecule has 0 saturated heterocycles. The third kappa shape index (κ3) is 3.04. The Balaban J connectivity index is 2.57. The fourth-order valence-corrected chi connectivity index (χ4v) is 1.31. The van der Waals surface area contributed by atoms with E-state index in [1.165, 1.54) is 24.8 Å². The van der Waals surface area contributed by atoms with Gasteiger partial charge in [-0.3, -0.25) is 4.99 Å². The van der Waals surface area contributed by atoms with Crippen LogP contribution in [0.4, 0.5) is 0 Å². The second-order valence-corrected chi connectivity index (χ2v) is 3.39. The third-order valence-corrected chi connectivity index (χ3v) is 2.31. The highest BCUT2D eigenvalue weighted by atomic mass is 14.7. The normalized spacial score (nSPS) is 31.1. The van der Waals surface area contributed by atoms with Crippen molar-refractivity contribution in [2.24, 2.45) is 10.9 Å². The molecule has 1 heterocycles. The first-order chi connectivity index (χ1) is 5.80. The van der Waals surface area contributed by atoms with Gasteiger partial charge in [-0.1, -0.05) is 31.6 Å². The van der Waals surface area contributed by atoms with Crippen LogP contribution in [0.15, 0.2) is 29.3 Å². The maximum atomic E-state index is 4.24. The van der Waals surface area contributed by atoms with Crippen LogP contribution < -0.4 is 0 Å². The van der Waals surface area contributed by atoms with E-state index >= 15 is 0 Å². The van der Waals surface area contributed by atoms with Crippen LogP contribution in [0.2, 0.25) is 0 Å². The van der Waals surface area contributed by atoms with E-state index in [-0.39, 0.29) is 0 Å². The number of rotatable bonds is 0. The van der Waals surface area contributed by atoms with E-state index in [0.29, 0.717) is 5.92 Å². The number of hydrogen-bond acceptors (Lipinski definition) is 1. The van der Waals surface area contributed by atoms with Gasteiger partial charge in [0.25, 0.3) is 0 Å². The Morgan fingerprint density at radius 2 is 2.33 bits per heavy atom. The highest BCUT2D eigenvalue weighted by Crippen LogP contribution is 2.17. The van der Waals surface area contributed by atoms with Crippen molar-refractivity contribution in [1.82, 2.24) is 0 Å². The minimum Gasteiger partial charge on any atom is -0.293 e. The molecule has 1 aliphatic heterocycles. The SMILES string of the molecule is C=C1/C=C\C=N/CCCCC1C. The summed E-state index contributed by atoms with van der Waals surface area (Å²) in [5.74, 6) is 0.632. The third-order valence-electron chi connectivity index (χ3n) is 2.31. The van der Waals surface area contributed by atoms with Crippen molar-refractivity contribution in [3.8, 4) is 0 Å². The molecule has 12 heavy (non-hydrogen) atoms. The zero-order chi connectivity index (χ0) is 8.81. The standard InChI is InChI=1S/C11H17N/c1-10-6-3-4-8-12-9-5-7-11(10)2/h5,7,9-10H,2-4,6,8H2,1H3/b7-5-,12-9-. The summed E-state index contributed by atoms with van der Waals surface area (Å²) in [5.41, 5.74) is 1.23. The summed E-state index contributed by atoms with van der Waals surface area (Å²) in [5, 5.41) is 0. The summed E-state index contributed by atoms with van der Waals surface area (Å²) < 4.78 is 0. The van der Waals surface area contributed by atoms with Crippen LogP contribution in [-0.2, 0) is 0 Å². The second-order valence-electron chi connectivity index (χ2n) is 3.39. The average molecular weight is 163 g/mol. The zero-order valence-electron chi connectivity index (χ0n) is 7.79. The van der Waals surface area contributed by atoms with Gasteiger partial charge in [0.1, 0.15) is 0 Å². The first kappa shape index (κ1) is 9.24. The van der Waals surface area contributed by atoms with Gasteiger partial charge in [0.2, 0.25) is 0 Å². The van der Waals surface area contributed by atoms with E-state index in [2.05, 4.69) is 24.6 Å². The van der Waals surface area contributed by atoms with Gasteiger partial charge < -0.3 is 0 Å². The topological polar surface area (TPSA) is 12.4 Å². The molecule has 1 atom stereocenters. The molecule has 0 aromatic rings. The first-order valence-electron chi connectivity index (χ1n) is 4.66. The molecule has 0 bridgehead atoms. The highest BCUT2D eigenvalue weighted by Gasteiger charge is 2.03. The number of nitrogens with zero attached hydrogens (tertiary/aromatic N) is 1. The summed E-state index contributed by atoms with van der Waals surface area (Å²) in [4.78, 5) is 4.24. The molecule has 0 saturated carbocycles. The molecule has 1 nitrogen and oxygen atoms in total. The van der Waals surface area contributed by atoms with Crippen molar-refractivity contribution in [2.75, 3.05) is 6.54 Å². The second kappa shape index (κ2) is 4.91. The smallest absolute Gasteiger partial charge is 0.0389 e. The Morgan fingerprint density at radius 1 is 1.50 bits per heavy atom. The van der Waals surface area contributed by atoms with E-state index in [1.54, 1.807) is 0 Å². The predicted octanol–water partition coefficient (Wildman–Crippen LogP) is 2.99. The van der Waals surface area contributed by atoms with E-state index in [4.69, 9.17) is 0 Å². The quantitative estimate of drug-likeness (QED) is 0.520. The Bertz CT molecular complexity index is 201. The number of hydrogen-bond donors (Lipinski definition) is 0. The van der Waals surface area contributed by atoms with Gasteiger partial charge in [-0.15, -0.1) is 0 Å². The lowest BCUT2D eigenvalue weighted by molar-refractivity contribution is 0.571. The molecule has 0 radical (unpaired) electrons. The molecular weight excluding hydrogens is 146 g/mol. The zero-order valence-corrected chi connectivity index (χ0v) is 7.79. The van der Waals surface area contributed by atoms with Crippen molar-refractivity contribution in [3.63, 3.8) is 0 Å². The average Bonchev–Trinajstić information content (AvgIpc) is 2.08. The molecule has 0 aromatic heterocycles. The van der Waals surface area contributed by atoms with E-state index in [0.717, 1.165) is 6.54 Å². The van der Waals surface area contributed by atoms with Crippen LogP contribution in [-0.4, -0.2) is 12.8 Å². The Kier molecular flexibility index (Phi) is 3.78. The van der Waals surface area contributed by atoms with Crippen LogP contribution in [0.1, 0.15) is 26.2 Å². The Hall–Kier alpha value is -0.850. The molecule has 0 amide bonds. The van der Waals surface area contributed by atoms with Crippen molar-refractivity contribution >= 4 is 6.21 Å². The van der Waals surface area contributed by atoms with Crippen molar-refractivity contribution < 1.29 is 0 Å². The van der Waals surface area contributed by atoms with E-state index in [9.17, 15) is 0 Å². The fourth-order valence-electron chi connectivity index (χ4n) is 1.31. The highest BCUT2D eigenvalue weighted by molar-refractivity contribution is 5.71. The molecule has 1 unspecified atom stereocenters. The lowest BCUT2D eigenvalue weighted by atomic mass is 9.96. The summed E-state index contributed by atoms with van der Waals surface area (Å²) in [7, 11) is 0. The van der Waals surface area contributed by atoms with E-state index < -0.39 is 0 Å². The molecule has 1 heteroatoms. The molecule has 0 aromatic carbocycles. The molecule has 66 valence electrons. The molecule has 1 rings (SSSR count). The van der Waals surface area contributed by atoms with Gasteiger partial charge in [0.15, 0.2) is 0 Å². The van der Waals surface area contributed by atoms with Gasteiger partial charge in [-0.05, 0) is 24.8 Å². The molecular formula is C11H17N. The van der Waals surface area contributed by atoms with Crippen LogP contribution in [0.25, 0.3) is 0 Å². The van der Waals surface area contributed by atoms with Gasteiger partial charge in [0, 0.05) is 12.8 Å². The lowest BCUT2D eigenvalue weighted by Gasteiger charge is -2.11. The predicted molar refractivity (Wildman–Crippen MR) is 54.7 cm³/mol. The molecule has 0 spiro atoms. The van der Waals surface area contributed by atoms with E-state index in [1.807, 2.05) is 12.3 Å². The molecule has 1 aliphatic rings. The van der Waals surface area contributed by atoms with Crippen LogP contribution in [0.5, 0.6) is 0 Å². The van der Waals surface area contributed by atoms with Crippen molar-refractivity contribution in [2.45, 2.75) is 26.2 Å². The van der Waals surface area contributed by atoms with Gasteiger partial charge in [-0.2, -0.15) is 0 Å². The van der Waals surface area contributed by atoms with Crippen molar-refractivity contribution in [1.29, 1.82) is 0 Å². The van der Waals surface area contributed by atoms with Gasteiger partial charge in [0.05, 0.1) is 0 Å². The molecule has 0 fully saturated rings. The maximum Gasteiger partial charge on any atom is 0.0389 e. The molecule has 0 N–H and O–H groups in total. The lowest BCUT2D eigenvalue weighted by Crippen LogP contribution is -1.98. The minimum atomic E-state index is 0.632. The van der Waals surface area contributed by atoms with Gasteiger partial charge in [-0.25, -0.2) is 0 Å². The van der Waals surface area contributed by atoms with Crippen LogP contribution in [0, 0.1) is 5.92 Å². The summed E-state index contributed by atoms with van der Waals surface area (Å²) in [6.45, 7) is 7.24. The fraction of sp³-hybridized carbons (Fsp3) is 0.545. The van der Waals surface area contributed by atoms with Crippen molar-refractivity contribution in [3.05, 3.63) is 24.3 Å². The molecule has 0 aliphatic carbocycles. The number of aliphatic imine (C=N–C) groups is 1. The van der Waals surface area contributed by atoms with Gasteiger partial charge >= 0.3 is 0 Å². The Labute approximate surface area is 74.9 Å². The maximum absolute atomic E-state index is 4.24. The first-order valence-corrected chi connectivity index (χ1v) is 4.66. The largest absolute Gasteiger partial charge is 0.293 e. The minimum absolute atomic E-state index is 0.632. The van der Waals surface area contributed by atoms with Crippen LogP contribution >= 0.6 is 0 Å². The summed E-state index contributed by atoms with van der Waals surface area (Å²) in [6, 6.07) is 0. The monoisotopic (exact) mass is 163 g/mol.